The third-order valence-electron chi connectivity index (χ3n) is 4.38. The van der Waals surface area contributed by atoms with E-state index >= 15 is 0 Å². The van der Waals surface area contributed by atoms with Gasteiger partial charge in [0.15, 0.2) is 0 Å². The SMILES string of the molecule is O=C(Nc1cnccc1-c1ccccc1)c1ccnc(Nc2ccc(OC(F)F)cc2)n1. The van der Waals surface area contributed by atoms with E-state index in [1.54, 1.807) is 12.4 Å². The lowest BCUT2D eigenvalue weighted by atomic mass is 10.1. The average molecular weight is 433 g/mol. The third-order valence-corrected chi connectivity index (χ3v) is 4.38. The molecule has 0 aliphatic carbocycles. The van der Waals surface area contributed by atoms with Crippen molar-refractivity contribution in [3.8, 4) is 16.9 Å². The minimum absolute atomic E-state index is 0.0327. The molecule has 2 heterocycles. The molecule has 9 heteroatoms. The molecule has 0 saturated carbocycles. The number of anilines is 3. The number of halogens is 2. The molecule has 0 aliphatic rings. The molecule has 0 fully saturated rings. The first-order chi connectivity index (χ1) is 15.6. The summed E-state index contributed by atoms with van der Waals surface area (Å²) in [5.41, 5.74) is 3.00. The number of benzene rings is 2. The average Bonchev–Trinajstić information content (AvgIpc) is 2.81. The second kappa shape index (κ2) is 9.61. The molecule has 0 aliphatic heterocycles. The van der Waals surface area contributed by atoms with Gasteiger partial charge in [-0.1, -0.05) is 30.3 Å². The number of nitrogens with one attached hydrogen (secondary N) is 2. The number of pyridine rings is 1. The Hall–Kier alpha value is -4.40. The van der Waals surface area contributed by atoms with Crippen molar-refractivity contribution in [1.82, 2.24) is 15.0 Å². The highest BCUT2D eigenvalue weighted by Crippen LogP contribution is 2.27. The van der Waals surface area contributed by atoms with Gasteiger partial charge in [0.2, 0.25) is 5.95 Å². The lowest BCUT2D eigenvalue weighted by Gasteiger charge is -2.11. The Morgan fingerprint density at radius 3 is 2.47 bits per heavy atom. The molecule has 0 spiro atoms. The summed E-state index contributed by atoms with van der Waals surface area (Å²) in [5.74, 6) is -0.221. The number of hydrogen-bond acceptors (Lipinski definition) is 6. The molecule has 4 rings (SSSR count). The van der Waals surface area contributed by atoms with Gasteiger partial charge in [-0.3, -0.25) is 9.78 Å². The molecule has 7 nitrogen and oxygen atoms in total. The van der Waals surface area contributed by atoms with Gasteiger partial charge in [-0.15, -0.1) is 0 Å². The summed E-state index contributed by atoms with van der Waals surface area (Å²) in [7, 11) is 0. The van der Waals surface area contributed by atoms with Crippen molar-refractivity contribution in [2.24, 2.45) is 0 Å². The molecule has 32 heavy (non-hydrogen) atoms. The summed E-state index contributed by atoms with van der Waals surface area (Å²) >= 11 is 0. The lowest BCUT2D eigenvalue weighted by Crippen LogP contribution is -2.15. The topological polar surface area (TPSA) is 89.0 Å². The summed E-state index contributed by atoms with van der Waals surface area (Å²) in [6, 6.07) is 18.8. The smallest absolute Gasteiger partial charge is 0.387 e. The fourth-order valence-electron chi connectivity index (χ4n) is 2.94. The van der Waals surface area contributed by atoms with Crippen LogP contribution in [0.1, 0.15) is 10.5 Å². The van der Waals surface area contributed by atoms with Gasteiger partial charge in [0, 0.05) is 23.6 Å². The molecular formula is C23H17F2N5O2. The Morgan fingerprint density at radius 2 is 1.72 bits per heavy atom. The van der Waals surface area contributed by atoms with E-state index in [2.05, 4.69) is 30.3 Å². The largest absolute Gasteiger partial charge is 0.435 e. The monoisotopic (exact) mass is 433 g/mol. The van der Waals surface area contributed by atoms with Crippen LogP contribution in [0.15, 0.2) is 85.3 Å². The lowest BCUT2D eigenvalue weighted by molar-refractivity contribution is -0.0498. The summed E-state index contributed by atoms with van der Waals surface area (Å²) in [5, 5.41) is 5.76. The van der Waals surface area contributed by atoms with Crippen LogP contribution in [0, 0.1) is 0 Å². The Labute approximate surface area is 182 Å². The number of carbonyl (C=O) groups is 1. The molecule has 1 amide bonds. The van der Waals surface area contributed by atoms with Gasteiger partial charge in [-0.05, 0) is 42.0 Å². The van der Waals surface area contributed by atoms with E-state index in [0.29, 0.717) is 11.4 Å². The molecule has 4 aromatic rings. The molecule has 0 atom stereocenters. The summed E-state index contributed by atoms with van der Waals surface area (Å²) in [4.78, 5) is 25.2. The maximum absolute atomic E-state index is 12.8. The summed E-state index contributed by atoms with van der Waals surface area (Å²) < 4.78 is 28.8. The highest BCUT2D eigenvalue weighted by atomic mass is 19.3. The first kappa shape index (κ1) is 20.9. The van der Waals surface area contributed by atoms with Gasteiger partial charge in [0.25, 0.3) is 5.91 Å². The van der Waals surface area contributed by atoms with Crippen LogP contribution < -0.4 is 15.4 Å². The molecule has 0 unspecified atom stereocenters. The number of nitrogens with zero attached hydrogens (tertiary/aromatic N) is 3. The second-order valence-electron chi connectivity index (χ2n) is 6.53. The van der Waals surface area contributed by atoms with Crippen molar-refractivity contribution in [3.63, 3.8) is 0 Å². The van der Waals surface area contributed by atoms with Crippen LogP contribution in [0.5, 0.6) is 5.75 Å². The van der Waals surface area contributed by atoms with E-state index < -0.39 is 12.5 Å². The number of rotatable bonds is 7. The highest BCUT2D eigenvalue weighted by Gasteiger charge is 2.13. The van der Waals surface area contributed by atoms with Crippen molar-refractivity contribution >= 4 is 23.2 Å². The molecule has 160 valence electrons. The third kappa shape index (κ3) is 5.20. The van der Waals surface area contributed by atoms with Gasteiger partial charge in [-0.2, -0.15) is 8.78 Å². The Kier molecular flexibility index (Phi) is 6.26. The predicted molar refractivity (Wildman–Crippen MR) is 116 cm³/mol. The zero-order chi connectivity index (χ0) is 22.3. The molecule has 2 aromatic carbocycles. The van der Waals surface area contributed by atoms with E-state index in [4.69, 9.17) is 0 Å². The van der Waals surface area contributed by atoms with Gasteiger partial charge < -0.3 is 15.4 Å². The maximum Gasteiger partial charge on any atom is 0.387 e. The number of carbonyl (C=O) groups excluding carboxylic acids is 1. The first-order valence-corrected chi connectivity index (χ1v) is 9.54. The van der Waals surface area contributed by atoms with Crippen molar-refractivity contribution in [3.05, 3.63) is 91.0 Å². The van der Waals surface area contributed by atoms with E-state index in [1.165, 1.54) is 36.5 Å². The van der Waals surface area contributed by atoms with Crippen molar-refractivity contribution in [1.29, 1.82) is 0 Å². The molecule has 0 radical (unpaired) electrons. The number of aromatic nitrogens is 3. The first-order valence-electron chi connectivity index (χ1n) is 9.54. The Bertz CT molecular complexity index is 1200. The minimum atomic E-state index is -2.89. The van der Waals surface area contributed by atoms with Crippen LogP contribution in [0.25, 0.3) is 11.1 Å². The molecule has 2 N–H and O–H groups in total. The van der Waals surface area contributed by atoms with Crippen molar-refractivity contribution in [2.45, 2.75) is 6.61 Å². The van der Waals surface area contributed by atoms with E-state index in [1.807, 2.05) is 36.4 Å². The van der Waals surface area contributed by atoms with Gasteiger partial charge in [0.05, 0.1) is 11.9 Å². The van der Waals surface area contributed by atoms with Gasteiger partial charge in [-0.25, -0.2) is 9.97 Å². The van der Waals surface area contributed by atoms with E-state index in [9.17, 15) is 13.6 Å². The van der Waals surface area contributed by atoms with Crippen molar-refractivity contribution in [2.75, 3.05) is 10.6 Å². The standard InChI is InChI=1S/C23H17F2N5O2/c24-22(25)32-17-8-6-16(7-9-17)28-23-27-13-11-19(30-23)21(31)29-20-14-26-12-10-18(20)15-4-2-1-3-5-15/h1-14,22H,(H,29,31)(H,27,28,30). The number of amides is 1. The normalized spacial score (nSPS) is 10.6. The number of alkyl halides is 2. The zero-order valence-corrected chi connectivity index (χ0v) is 16.6. The number of ether oxygens (including phenoxy) is 1. The predicted octanol–water partition coefficient (Wildman–Crippen LogP) is 5.14. The molecule has 2 aromatic heterocycles. The van der Waals surface area contributed by atoms with Crippen LogP contribution >= 0.6 is 0 Å². The minimum Gasteiger partial charge on any atom is -0.435 e. The van der Waals surface area contributed by atoms with Crippen LogP contribution in [0.4, 0.5) is 26.1 Å². The van der Waals surface area contributed by atoms with Gasteiger partial charge in [0.1, 0.15) is 11.4 Å². The van der Waals surface area contributed by atoms with Crippen LogP contribution in [-0.2, 0) is 0 Å². The summed E-state index contributed by atoms with van der Waals surface area (Å²) in [6.45, 7) is -2.89. The Balaban J connectivity index is 1.49. The summed E-state index contributed by atoms with van der Waals surface area (Å²) in [6.07, 6.45) is 4.67. The molecule has 0 bridgehead atoms. The van der Waals surface area contributed by atoms with Crippen LogP contribution in [0.2, 0.25) is 0 Å². The molecule has 0 saturated heterocycles. The molecular weight excluding hydrogens is 416 g/mol. The second-order valence-corrected chi connectivity index (χ2v) is 6.53. The van der Waals surface area contributed by atoms with E-state index in [0.717, 1.165) is 11.1 Å². The highest BCUT2D eigenvalue weighted by molar-refractivity contribution is 6.05. The van der Waals surface area contributed by atoms with Crippen LogP contribution in [-0.4, -0.2) is 27.5 Å². The quantitative estimate of drug-likeness (QED) is 0.420. The number of hydrogen-bond donors (Lipinski definition) is 2. The maximum atomic E-state index is 12.8. The fraction of sp³-hybridized carbons (Fsp3) is 0.0435. The van der Waals surface area contributed by atoms with E-state index in [-0.39, 0.29) is 17.4 Å². The zero-order valence-electron chi connectivity index (χ0n) is 16.6. The van der Waals surface area contributed by atoms with Gasteiger partial charge >= 0.3 is 6.61 Å². The van der Waals surface area contributed by atoms with Crippen molar-refractivity contribution < 1.29 is 18.3 Å². The fourth-order valence-corrected chi connectivity index (χ4v) is 2.94. The van der Waals surface area contributed by atoms with Crippen LogP contribution in [0.3, 0.4) is 0 Å². The Morgan fingerprint density at radius 1 is 0.938 bits per heavy atom.